The molecule has 3 aromatic rings. The van der Waals surface area contributed by atoms with Gasteiger partial charge in [0.1, 0.15) is 12.4 Å². The van der Waals surface area contributed by atoms with Gasteiger partial charge in [0.2, 0.25) is 0 Å². The number of nitrogens with two attached hydrogens (primary N) is 2. The Kier molecular flexibility index (Phi) is 9.81. The third-order valence-electron chi connectivity index (χ3n) is 4.79. The standard InChI is InChI=1S/C26H29NO.H4N2/c1-4-25(21-11-7-5-8-12-21)26(22-13-9-6-10-14-22)23-15-17-24(18-16-23)28-20-19-27(2)3;1-2/h5-18H,4,19-20H2,1-3H3;1-2H2/b26-25-;. The lowest BCUT2D eigenvalue weighted by Gasteiger charge is -2.17. The Bertz CT molecular complexity index is 889. The average molecular weight is 404 g/mol. The summed E-state index contributed by atoms with van der Waals surface area (Å²) in [5.41, 5.74) is 6.37. The highest BCUT2D eigenvalue weighted by molar-refractivity contribution is 5.98. The molecule has 0 radical (unpaired) electrons. The highest BCUT2D eigenvalue weighted by Crippen LogP contribution is 2.34. The SMILES string of the molecule is CC/C(=C(\c1ccccc1)c1ccc(OCCN(C)C)cc1)c1ccccc1.NN. The van der Waals surface area contributed by atoms with Gasteiger partial charge in [-0.1, -0.05) is 79.7 Å². The molecule has 0 aromatic heterocycles. The van der Waals surface area contributed by atoms with Crippen LogP contribution in [0.5, 0.6) is 5.75 Å². The molecule has 0 bridgehead atoms. The fraction of sp³-hybridized carbons (Fsp3) is 0.231. The monoisotopic (exact) mass is 403 g/mol. The fourth-order valence-electron chi connectivity index (χ4n) is 3.35. The predicted octanol–water partition coefficient (Wildman–Crippen LogP) is 4.81. The minimum Gasteiger partial charge on any atom is -0.492 e. The lowest BCUT2D eigenvalue weighted by molar-refractivity contribution is 0.261. The second kappa shape index (κ2) is 12.6. The van der Waals surface area contributed by atoms with Gasteiger partial charge < -0.3 is 9.64 Å². The summed E-state index contributed by atoms with van der Waals surface area (Å²) >= 11 is 0. The molecule has 0 aliphatic heterocycles. The molecular weight excluding hydrogens is 370 g/mol. The molecule has 0 spiro atoms. The van der Waals surface area contributed by atoms with Gasteiger partial charge in [0, 0.05) is 6.54 Å². The highest BCUT2D eigenvalue weighted by Gasteiger charge is 2.12. The molecule has 3 aromatic carbocycles. The first kappa shape index (κ1) is 23.4. The summed E-state index contributed by atoms with van der Waals surface area (Å²) in [5.74, 6) is 8.91. The van der Waals surface area contributed by atoms with Crippen molar-refractivity contribution in [2.75, 3.05) is 27.2 Å². The summed E-state index contributed by atoms with van der Waals surface area (Å²) in [6, 6.07) is 29.8. The van der Waals surface area contributed by atoms with E-state index in [9.17, 15) is 0 Å². The molecule has 0 atom stereocenters. The van der Waals surface area contributed by atoms with Crippen LogP contribution in [0, 0.1) is 0 Å². The minimum absolute atomic E-state index is 0.692. The summed E-state index contributed by atoms with van der Waals surface area (Å²) in [4.78, 5) is 2.12. The van der Waals surface area contributed by atoms with E-state index in [1.165, 1.54) is 27.8 Å². The van der Waals surface area contributed by atoms with Crippen molar-refractivity contribution in [3.8, 4) is 5.75 Å². The summed E-state index contributed by atoms with van der Waals surface area (Å²) in [6.45, 7) is 3.83. The quantitative estimate of drug-likeness (QED) is 0.322. The second-order valence-electron chi connectivity index (χ2n) is 7.12. The van der Waals surface area contributed by atoms with Gasteiger partial charge in [-0.3, -0.25) is 11.7 Å². The van der Waals surface area contributed by atoms with Crippen LogP contribution in [0.1, 0.15) is 30.0 Å². The van der Waals surface area contributed by atoms with Gasteiger partial charge in [0.05, 0.1) is 0 Å². The van der Waals surface area contributed by atoms with Gasteiger partial charge in [-0.25, -0.2) is 0 Å². The first-order valence-electron chi connectivity index (χ1n) is 10.2. The van der Waals surface area contributed by atoms with Gasteiger partial charge in [-0.05, 0) is 60.5 Å². The van der Waals surface area contributed by atoms with Crippen molar-refractivity contribution in [3.05, 3.63) is 102 Å². The molecule has 30 heavy (non-hydrogen) atoms. The van der Waals surface area contributed by atoms with Crippen LogP contribution in [0.15, 0.2) is 84.9 Å². The summed E-state index contributed by atoms with van der Waals surface area (Å²) in [7, 11) is 4.11. The van der Waals surface area contributed by atoms with E-state index in [1.807, 2.05) is 0 Å². The van der Waals surface area contributed by atoms with Crippen molar-refractivity contribution in [1.29, 1.82) is 0 Å². The van der Waals surface area contributed by atoms with Crippen LogP contribution >= 0.6 is 0 Å². The lowest BCUT2D eigenvalue weighted by Crippen LogP contribution is -2.19. The fourth-order valence-corrected chi connectivity index (χ4v) is 3.35. The third kappa shape index (κ3) is 6.56. The number of hydrogen-bond acceptors (Lipinski definition) is 4. The van der Waals surface area contributed by atoms with E-state index in [0.717, 1.165) is 18.7 Å². The van der Waals surface area contributed by atoms with Crippen LogP contribution in [-0.2, 0) is 0 Å². The number of benzene rings is 3. The molecule has 158 valence electrons. The largest absolute Gasteiger partial charge is 0.492 e. The summed E-state index contributed by atoms with van der Waals surface area (Å²) in [5, 5.41) is 0. The molecule has 0 unspecified atom stereocenters. The van der Waals surface area contributed by atoms with E-state index in [4.69, 9.17) is 4.74 Å². The van der Waals surface area contributed by atoms with Crippen molar-refractivity contribution in [1.82, 2.24) is 4.90 Å². The van der Waals surface area contributed by atoms with Crippen molar-refractivity contribution in [2.45, 2.75) is 13.3 Å². The van der Waals surface area contributed by atoms with Crippen molar-refractivity contribution >= 4 is 11.1 Å². The number of rotatable bonds is 8. The highest BCUT2D eigenvalue weighted by atomic mass is 16.5. The van der Waals surface area contributed by atoms with E-state index in [2.05, 4.69) is 123 Å². The molecule has 0 amide bonds. The maximum atomic E-state index is 5.87. The first-order valence-corrected chi connectivity index (χ1v) is 10.2. The number of hydrogen-bond donors (Lipinski definition) is 2. The number of hydrazine groups is 1. The van der Waals surface area contributed by atoms with E-state index >= 15 is 0 Å². The smallest absolute Gasteiger partial charge is 0.119 e. The predicted molar refractivity (Wildman–Crippen MR) is 128 cm³/mol. The molecule has 0 aliphatic rings. The van der Waals surface area contributed by atoms with Gasteiger partial charge in [-0.15, -0.1) is 0 Å². The first-order chi connectivity index (χ1) is 14.7. The van der Waals surface area contributed by atoms with Crippen LogP contribution in [0.2, 0.25) is 0 Å². The maximum absolute atomic E-state index is 5.87. The number of likely N-dealkylation sites (N-methyl/N-ethyl adjacent to an activating group) is 1. The Morgan fingerprint density at radius 3 is 1.73 bits per heavy atom. The van der Waals surface area contributed by atoms with Crippen LogP contribution in [0.4, 0.5) is 0 Å². The normalized spacial score (nSPS) is 11.4. The Morgan fingerprint density at radius 2 is 1.23 bits per heavy atom. The molecule has 0 aliphatic carbocycles. The molecule has 4 N–H and O–H groups in total. The van der Waals surface area contributed by atoms with Gasteiger partial charge in [-0.2, -0.15) is 0 Å². The molecule has 0 saturated heterocycles. The van der Waals surface area contributed by atoms with E-state index < -0.39 is 0 Å². The van der Waals surface area contributed by atoms with Crippen LogP contribution < -0.4 is 16.4 Å². The van der Waals surface area contributed by atoms with Gasteiger partial charge in [0.15, 0.2) is 0 Å². The topological polar surface area (TPSA) is 64.5 Å². The zero-order valence-corrected chi connectivity index (χ0v) is 18.2. The molecule has 0 fully saturated rings. The van der Waals surface area contributed by atoms with Gasteiger partial charge >= 0.3 is 0 Å². The third-order valence-corrected chi connectivity index (χ3v) is 4.79. The van der Waals surface area contributed by atoms with Crippen molar-refractivity contribution < 1.29 is 4.74 Å². The minimum atomic E-state index is 0.692. The molecule has 3 rings (SSSR count). The molecule has 0 saturated carbocycles. The molecular formula is C26H33N3O. The van der Waals surface area contributed by atoms with Crippen molar-refractivity contribution in [2.24, 2.45) is 11.7 Å². The number of nitrogens with zero attached hydrogens (tertiary/aromatic N) is 1. The molecule has 4 heteroatoms. The Balaban J connectivity index is 0.00000155. The summed E-state index contributed by atoms with van der Waals surface area (Å²) in [6.07, 6.45) is 0.968. The molecule has 0 heterocycles. The maximum Gasteiger partial charge on any atom is 0.119 e. The Morgan fingerprint density at radius 1 is 0.733 bits per heavy atom. The zero-order chi connectivity index (χ0) is 21.8. The number of allylic oxidation sites excluding steroid dienone is 1. The van der Waals surface area contributed by atoms with Crippen LogP contribution in [0.3, 0.4) is 0 Å². The molecule has 4 nitrogen and oxygen atoms in total. The zero-order valence-electron chi connectivity index (χ0n) is 18.2. The average Bonchev–Trinajstić information content (AvgIpc) is 2.80. The van der Waals surface area contributed by atoms with Crippen LogP contribution in [-0.4, -0.2) is 32.1 Å². The van der Waals surface area contributed by atoms with E-state index in [-0.39, 0.29) is 0 Å². The Hall–Kier alpha value is -2.92. The lowest BCUT2D eigenvalue weighted by atomic mass is 9.88. The Labute approximate surface area is 180 Å². The van der Waals surface area contributed by atoms with Gasteiger partial charge in [0.25, 0.3) is 0 Å². The van der Waals surface area contributed by atoms with Crippen molar-refractivity contribution in [3.63, 3.8) is 0 Å². The second-order valence-corrected chi connectivity index (χ2v) is 7.12. The van der Waals surface area contributed by atoms with E-state index in [1.54, 1.807) is 0 Å². The van der Waals surface area contributed by atoms with Crippen LogP contribution in [0.25, 0.3) is 11.1 Å². The van der Waals surface area contributed by atoms with E-state index in [0.29, 0.717) is 6.61 Å². The summed E-state index contributed by atoms with van der Waals surface area (Å²) < 4.78 is 5.87. The number of ether oxygens (including phenoxy) is 1.